The Kier molecular flexibility index (Phi) is 5.69. The second kappa shape index (κ2) is 8.91. The minimum absolute atomic E-state index is 0.222. The number of nitrogens with one attached hydrogen (secondary N) is 2. The monoisotopic (exact) mass is 420 g/mol. The molecule has 1 aliphatic heterocycles. The van der Waals surface area contributed by atoms with E-state index in [0.29, 0.717) is 24.8 Å². The number of rotatable bonds is 9. The number of carbonyl (C=O) groups excluding carboxylic acids is 1. The van der Waals surface area contributed by atoms with Crippen molar-refractivity contribution in [3.8, 4) is 5.75 Å². The number of benzene rings is 1. The van der Waals surface area contributed by atoms with Gasteiger partial charge in [-0.2, -0.15) is 5.10 Å². The Morgan fingerprint density at radius 1 is 1.19 bits per heavy atom. The van der Waals surface area contributed by atoms with Crippen molar-refractivity contribution in [2.24, 2.45) is 11.8 Å². The fourth-order valence-electron chi connectivity index (χ4n) is 4.25. The molecule has 1 saturated carbocycles. The van der Waals surface area contributed by atoms with Gasteiger partial charge >= 0.3 is 0 Å². The summed E-state index contributed by atoms with van der Waals surface area (Å²) in [6.45, 7) is 2.84. The van der Waals surface area contributed by atoms with Crippen LogP contribution in [-0.2, 0) is 4.79 Å². The molecule has 8 heteroatoms. The zero-order chi connectivity index (χ0) is 21.0. The zero-order valence-corrected chi connectivity index (χ0v) is 17.6. The van der Waals surface area contributed by atoms with E-state index in [-0.39, 0.29) is 5.78 Å². The van der Waals surface area contributed by atoms with E-state index in [4.69, 9.17) is 4.74 Å². The van der Waals surface area contributed by atoms with Crippen molar-refractivity contribution in [2.75, 3.05) is 36.5 Å². The van der Waals surface area contributed by atoms with Gasteiger partial charge in [-0.3, -0.25) is 9.89 Å². The smallest absolute Gasteiger partial charge is 0.160 e. The van der Waals surface area contributed by atoms with E-state index in [1.165, 1.54) is 12.8 Å². The van der Waals surface area contributed by atoms with E-state index in [9.17, 15) is 4.79 Å². The third-order valence-corrected chi connectivity index (χ3v) is 6.10. The molecule has 0 radical (unpaired) electrons. The number of carbonyl (C=O) groups is 1. The minimum atomic E-state index is 0.222. The number of aromatic amines is 1. The van der Waals surface area contributed by atoms with Gasteiger partial charge in [-0.25, -0.2) is 9.97 Å². The van der Waals surface area contributed by atoms with Crippen molar-refractivity contribution in [3.63, 3.8) is 0 Å². The van der Waals surface area contributed by atoms with Crippen molar-refractivity contribution in [1.29, 1.82) is 0 Å². The van der Waals surface area contributed by atoms with Gasteiger partial charge in [-0.05, 0) is 49.7 Å². The van der Waals surface area contributed by atoms with E-state index in [1.54, 1.807) is 12.5 Å². The molecule has 1 aliphatic carbocycles. The molecule has 0 unspecified atom stereocenters. The molecule has 0 spiro atoms. The largest absolute Gasteiger partial charge is 0.491 e. The highest BCUT2D eigenvalue weighted by Crippen LogP contribution is 2.32. The molecule has 2 N–H and O–H groups in total. The summed E-state index contributed by atoms with van der Waals surface area (Å²) in [5.41, 5.74) is 1.64. The maximum absolute atomic E-state index is 12.7. The third-order valence-electron chi connectivity index (χ3n) is 6.10. The van der Waals surface area contributed by atoms with Crippen LogP contribution in [0.15, 0.2) is 36.8 Å². The highest BCUT2D eigenvalue weighted by atomic mass is 16.5. The number of hydrogen-bond acceptors (Lipinski definition) is 7. The topological polar surface area (TPSA) is 96.0 Å². The quantitative estimate of drug-likeness (QED) is 0.547. The summed E-state index contributed by atoms with van der Waals surface area (Å²) in [5.74, 6) is 2.97. The first kappa shape index (κ1) is 19.8. The average Bonchev–Trinajstić information content (AvgIpc) is 3.50. The highest BCUT2D eigenvalue weighted by molar-refractivity contribution is 5.86. The Morgan fingerprint density at radius 2 is 2.10 bits per heavy atom. The molecule has 2 aliphatic rings. The number of para-hydroxylation sites is 2. The second-order valence-electron chi connectivity index (χ2n) is 8.63. The SMILES string of the molecule is O=C(CNc1ccccc1OCC1CC1)C[C@@H]1CCCN(c2ncnc3[nH]ncc23)C1. The van der Waals surface area contributed by atoms with Crippen molar-refractivity contribution in [3.05, 3.63) is 36.8 Å². The molecule has 1 saturated heterocycles. The molecule has 1 aromatic carbocycles. The normalized spacial score (nSPS) is 18.8. The maximum atomic E-state index is 12.7. The predicted molar refractivity (Wildman–Crippen MR) is 119 cm³/mol. The standard InChI is InChI=1S/C23H28N6O2/c30-18(11-24-20-5-1-2-6-21(20)31-14-16-7-8-16)10-17-4-3-9-29(13-17)23-19-12-27-28-22(19)25-15-26-23/h1-2,5-6,12,15-17,24H,3-4,7-11,13-14H2,(H,25,26,27,28)/t17-/m0/s1. The van der Waals surface area contributed by atoms with Crippen LogP contribution in [0.5, 0.6) is 5.75 Å². The molecule has 1 atom stereocenters. The number of fused-ring (bicyclic) bond motifs is 1. The molecular weight excluding hydrogens is 392 g/mol. The van der Waals surface area contributed by atoms with E-state index in [0.717, 1.165) is 60.8 Å². The molecule has 31 heavy (non-hydrogen) atoms. The zero-order valence-electron chi connectivity index (χ0n) is 17.6. The first-order valence-corrected chi connectivity index (χ1v) is 11.1. The summed E-state index contributed by atoms with van der Waals surface area (Å²) in [7, 11) is 0. The van der Waals surface area contributed by atoms with Gasteiger partial charge in [0, 0.05) is 19.5 Å². The fraction of sp³-hybridized carbons (Fsp3) is 0.478. The van der Waals surface area contributed by atoms with Crippen LogP contribution in [0.1, 0.15) is 32.1 Å². The van der Waals surface area contributed by atoms with E-state index in [1.807, 2.05) is 24.3 Å². The number of ketones is 1. The van der Waals surface area contributed by atoms with Gasteiger partial charge in [0.05, 0.1) is 30.4 Å². The number of piperidine rings is 1. The summed E-state index contributed by atoms with van der Waals surface area (Å²) in [4.78, 5) is 23.7. The van der Waals surface area contributed by atoms with Crippen LogP contribution in [0.25, 0.3) is 11.0 Å². The van der Waals surface area contributed by atoms with Crippen LogP contribution in [0.2, 0.25) is 0 Å². The summed E-state index contributed by atoms with van der Waals surface area (Å²) in [5, 5.41) is 11.2. The highest BCUT2D eigenvalue weighted by Gasteiger charge is 2.25. The van der Waals surface area contributed by atoms with Gasteiger partial charge in [0.15, 0.2) is 11.4 Å². The lowest BCUT2D eigenvalue weighted by atomic mass is 9.92. The Labute approximate surface area is 181 Å². The Balaban J connectivity index is 1.16. The second-order valence-corrected chi connectivity index (χ2v) is 8.63. The number of ether oxygens (including phenoxy) is 1. The molecule has 3 aromatic rings. The molecule has 8 nitrogen and oxygen atoms in total. The van der Waals surface area contributed by atoms with Crippen LogP contribution >= 0.6 is 0 Å². The Bertz CT molecular complexity index is 1050. The Morgan fingerprint density at radius 3 is 3.00 bits per heavy atom. The lowest BCUT2D eigenvalue weighted by Gasteiger charge is -2.33. The maximum Gasteiger partial charge on any atom is 0.160 e. The van der Waals surface area contributed by atoms with Crippen molar-refractivity contribution in [2.45, 2.75) is 32.1 Å². The van der Waals surface area contributed by atoms with Crippen LogP contribution in [0.4, 0.5) is 11.5 Å². The molecule has 3 heterocycles. The van der Waals surface area contributed by atoms with Crippen LogP contribution in [-0.4, -0.2) is 52.2 Å². The Hall–Kier alpha value is -3.16. The predicted octanol–water partition coefficient (Wildman–Crippen LogP) is 3.43. The average molecular weight is 421 g/mol. The molecule has 2 aromatic heterocycles. The number of hydrogen-bond donors (Lipinski definition) is 2. The fourth-order valence-corrected chi connectivity index (χ4v) is 4.25. The van der Waals surface area contributed by atoms with Gasteiger partial charge in [0.25, 0.3) is 0 Å². The van der Waals surface area contributed by atoms with Gasteiger partial charge in [0.1, 0.15) is 17.9 Å². The van der Waals surface area contributed by atoms with Crippen molar-refractivity contribution < 1.29 is 9.53 Å². The molecule has 0 bridgehead atoms. The molecule has 2 fully saturated rings. The number of Topliss-reactive ketones (excluding diaryl/α,β-unsaturated/α-hetero) is 1. The lowest BCUT2D eigenvalue weighted by Crippen LogP contribution is -2.37. The first-order chi connectivity index (χ1) is 15.3. The van der Waals surface area contributed by atoms with Crippen LogP contribution in [0.3, 0.4) is 0 Å². The lowest BCUT2D eigenvalue weighted by molar-refractivity contribution is -0.118. The van der Waals surface area contributed by atoms with Crippen molar-refractivity contribution >= 4 is 28.3 Å². The van der Waals surface area contributed by atoms with Crippen molar-refractivity contribution in [1.82, 2.24) is 20.2 Å². The summed E-state index contributed by atoms with van der Waals surface area (Å²) in [6.07, 6.45) is 8.52. The van der Waals surface area contributed by atoms with Crippen LogP contribution in [0, 0.1) is 11.8 Å². The molecular formula is C23H28N6O2. The van der Waals surface area contributed by atoms with Gasteiger partial charge in [0.2, 0.25) is 0 Å². The number of nitrogens with zero attached hydrogens (tertiary/aromatic N) is 4. The molecule has 5 rings (SSSR count). The van der Waals surface area contributed by atoms with Gasteiger partial charge < -0.3 is 15.0 Å². The summed E-state index contributed by atoms with van der Waals surface area (Å²) < 4.78 is 5.93. The molecule has 0 amide bonds. The van der Waals surface area contributed by atoms with E-state index >= 15 is 0 Å². The van der Waals surface area contributed by atoms with Crippen LogP contribution < -0.4 is 15.0 Å². The van der Waals surface area contributed by atoms with Gasteiger partial charge in [-0.1, -0.05) is 12.1 Å². The molecule has 162 valence electrons. The number of anilines is 2. The first-order valence-electron chi connectivity index (χ1n) is 11.1. The number of H-pyrrole nitrogens is 1. The summed E-state index contributed by atoms with van der Waals surface area (Å²) >= 11 is 0. The van der Waals surface area contributed by atoms with E-state index in [2.05, 4.69) is 30.4 Å². The third kappa shape index (κ3) is 4.78. The number of aromatic nitrogens is 4. The summed E-state index contributed by atoms with van der Waals surface area (Å²) in [6, 6.07) is 7.87. The van der Waals surface area contributed by atoms with E-state index < -0.39 is 0 Å². The minimum Gasteiger partial charge on any atom is -0.491 e. The van der Waals surface area contributed by atoms with Gasteiger partial charge in [-0.15, -0.1) is 0 Å².